The average Bonchev–Trinajstić information content (AvgIpc) is 2.99. The van der Waals surface area contributed by atoms with Crippen LogP contribution in [-0.4, -0.2) is 28.0 Å². The minimum absolute atomic E-state index is 0.0642. The van der Waals surface area contributed by atoms with Crippen LogP contribution in [0.4, 0.5) is 5.69 Å². The monoisotopic (exact) mass is 296 g/mol. The number of amides is 1. The number of hydrogen-bond acceptors (Lipinski definition) is 4. The summed E-state index contributed by atoms with van der Waals surface area (Å²) in [6, 6.07) is 6.12. The maximum absolute atomic E-state index is 12.5. The van der Waals surface area contributed by atoms with E-state index in [9.17, 15) is 4.79 Å². The quantitative estimate of drug-likeness (QED) is 0.893. The molecule has 3 unspecified atom stereocenters. The van der Waals surface area contributed by atoms with Crippen LogP contribution in [0.5, 0.6) is 0 Å². The first-order valence-electron chi connectivity index (χ1n) is 8.07. The minimum atomic E-state index is -0.0642. The van der Waals surface area contributed by atoms with Crippen LogP contribution in [0, 0.1) is 5.92 Å². The summed E-state index contributed by atoms with van der Waals surface area (Å²) in [6.45, 7) is 0. The molecule has 1 saturated carbocycles. The fraction of sp³-hybridized carbons (Fsp3) is 0.471. The molecule has 1 aliphatic carbocycles. The molecule has 0 radical (unpaired) electrons. The van der Waals surface area contributed by atoms with Crippen molar-refractivity contribution >= 4 is 22.6 Å². The van der Waals surface area contributed by atoms with Crippen LogP contribution in [0.3, 0.4) is 0 Å². The van der Waals surface area contributed by atoms with E-state index in [0.29, 0.717) is 12.0 Å². The molecule has 4 rings (SSSR count). The summed E-state index contributed by atoms with van der Waals surface area (Å²) in [5.74, 6) is 0.740. The summed E-state index contributed by atoms with van der Waals surface area (Å²) < 4.78 is 0. The zero-order valence-electron chi connectivity index (χ0n) is 12.5. The number of hydrogen-bond donors (Lipinski definition) is 2. The summed E-state index contributed by atoms with van der Waals surface area (Å²) in [5, 5.41) is 6.53. The van der Waals surface area contributed by atoms with Crippen LogP contribution >= 0.6 is 0 Å². The lowest BCUT2D eigenvalue weighted by molar-refractivity contribution is -0.117. The first-order chi connectivity index (χ1) is 10.8. The molecule has 0 spiro atoms. The van der Waals surface area contributed by atoms with Gasteiger partial charge in [0, 0.05) is 24.1 Å². The van der Waals surface area contributed by atoms with E-state index in [1.807, 2.05) is 18.2 Å². The van der Waals surface area contributed by atoms with Crippen molar-refractivity contribution < 1.29 is 4.79 Å². The topological polar surface area (TPSA) is 66.9 Å². The predicted molar refractivity (Wildman–Crippen MR) is 85.5 cm³/mol. The molecule has 1 amide bonds. The lowest BCUT2D eigenvalue weighted by Gasteiger charge is -2.24. The molecule has 2 heterocycles. The molecule has 5 heteroatoms. The number of nitrogens with one attached hydrogen (secondary N) is 2. The second kappa shape index (κ2) is 5.65. The normalized spacial score (nSPS) is 27.5. The molecule has 114 valence electrons. The number of aromatic nitrogens is 2. The molecule has 1 aromatic heterocycles. The molecule has 2 aromatic rings. The highest BCUT2D eigenvalue weighted by molar-refractivity contribution is 5.96. The Hall–Kier alpha value is -2.01. The largest absolute Gasteiger partial charge is 0.325 e. The van der Waals surface area contributed by atoms with Crippen LogP contribution in [0.2, 0.25) is 0 Å². The molecular weight excluding hydrogens is 276 g/mol. The van der Waals surface area contributed by atoms with E-state index in [0.717, 1.165) is 23.1 Å². The summed E-state index contributed by atoms with van der Waals surface area (Å²) in [7, 11) is 0. The van der Waals surface area contributed by atoms with Crippen molar-refractivity contribution in [1.29, 1.82) is 0 Å². The van der Waals surface area contributed by atoms with Crippen LogP contribution in [0.25, 0.3) is 11.0 Å². The number of fused-ring (bicyclic) bond motifs is 2. The molecular formula is C17H20N4O. The maximum atomic E-state index is 12.5. The van der Waals surface area contributed by atoms with Gasteiger partial charge in [-0.2, -0.15) is 0 Å². The highest BCUT2D eigenvalue weighted by Gasteiger charge is 2.38. The van der Waals surface area contributed by atoms with E-state index in [1.165, 1.54) is 25.7 Å². The molecule has 0 bridgehead atoms. The molecule has 1 aliphatic heterocycles. The number of anilines is 1. The van der Waals surface area contributed by atoms with Gasteiger partial charge in [0.25, 0.3) is 0 Å². The third kappa shape index (κ3) is 2.57. The van der Waals surface area contributed by atoms with Crippen molar-refractivity contribution in [2.24, 2.45) is 5.92 Å². The molecule has 1 saturated heterocycles. The minimum Gasteiger partial charge on any atom is -0.325 e. The van der Waals surface area contributed by atoms with Gasteiger partial charge < -0.3 is 10.6 Å². The second-order valence-electron chi connectivity index (χ2n) is 6.36. The van der Waals surface area contributed by atoms with E-state index >= 15 is 0 Å². The van der Waals surface area contributed by atoms with Crippen LogP contribution < -0.4 is 10.6 Å². The first kappa shape index (κ1) is 13.6. The predicted octanol–water partition coefficient (Wildman–Crippen LogP) is 2.49. The molecule has 2 fully saturated rings. The molecule has 22 heavy (non-hydrogen) atoms. The van der Waals surface area contributed by atoms with Gasteiger partial charge in [-0.05, 0) is 43.4 Å². The Morgan fingerprint density at radius 3 is 2.82 bits per heavy atom. The van der Waals surface area contributed by atoms with E-state index in [4.69, 9.17) is 0 Å². The van der Waals surface area contributed by atoms with E-state index in [2.05, 4.69) is 20.6 Å². The zero-order valence-corrected chi connectivity index (χ0v) is 12.5. The summed E-state index contributed by atoms with van der Waals surface area (Å²) >= 11 is 0. The van der Waals surface area contributed by atoms with Gasteiger partial charge in [-0.1, -0.05) is 12.8 Å². The Balaban J connectivity index is 1.46. The average molecular weight is 296 g/mol. The molecule has 5 nitrogen and oxygen atoms in total. The van der Waals surface area contributed by atoms with Crippen LogP contribution in [0.15, 0.2) is 30.6 Å². The Kier molecular flexibility index (Phi) is 3.50. The van der Waals surface area contributed by atoms with Crippen LogP contribution in [-0.2, 0) is 4.79 Å². The van der Waals surface area contributed by atoms with Crippen molar-refractivity contribution in [3.63, 3.8) is 0 Å². The Bertz CT molecular complexity index is 688. The molecule has 2 N–H and O–H groups in total. The SMILES string of the molecule is O=C(Nc1ccc2nccnc2c1)C1CC2CCCCC2N1. The van der Waals surface area contributed by atoms with Gasteiger partial charge in [-0.3, -0.25) is 14.8 Å². The standard InChI is InChI=1S/C17H20N4O/c22-17(16-9-11-3-1-2-4-13(11)21-16)20-12-5-6-14-15(10-12)19-8-7-18-14/h5-8,10-11,13,16,21H,1-4,9H2,(H,20,22). The fourth-order valence-electron chi connectivity index (χ4n) is 3.79. The summed E-state index contributed by atoms with van der Waals surface area (Å²) in [5.41, 5.74) is 2.42. The van der Waals surface area contributed by atoms with Gasteiger partial charge in [0.2, 0.25) is 5.91 Å². The number of carbonyl (C=O) groups excluding carboxylic acids is 1. The van der Waals surface area contributed by atoms with Gasteiger partial charge in [0.15, 0.2) is 0 Å². The Labute approximate surface area is 129 Å². The van der Waals surface area contributed by atoms with Crippen molar-refractivity contribution in [1.82, 2.24) is 15.3 Å². The number of carbonyl (C=O) groups is 1. The third-order valence-electron chi connectivity index (χ3n) is 4.92. The van der Waals surface area contributed by atoms with E-state index < -0.39 is 0 Å². The smallest absolute Gasteiger partial charge is 0.241 e. The van der Waals surface area contributed by atoms with E-state index in [1.54, 1.807) is 12.4 Å². The lowest BCUT2D eigenvalue weighted by atomic mass is 9.85. The third-order valence-corrected chi connectivity index (χ3v) is 4.92. The highest BCUT2D eigenvalue weighted by Crippen LogP contribution is 2.33. The van der Waals surface area contributed by atoms with Gasteiger partial charge >= 0.3 is 0 Å². The number of nitrogens with zero attached hydrogens (tertiary/aromatic N) is 2. The Morgan fingerprint density at radius 2 is 1.95 bits per heavy atom. The number of benzene rings is 1. The second-order valence-corrected chi connectivity index (χ2v) is 6.36. The first-order valence-corrected chi connectivity index (χ1v) is 8.07. The van der Waals surface area contributed by atoms with Crippen molar-refractivity contribution in [3.05, 3.63) is 30.6 Å². The van der Waals surface area contributed by atoms with Crippen molar-refractivity contribution in [2.45, 2.75) is 44.2 Å². The maximum Gasteiger partial charge on any atom is 0.241 e. The van der Waals surface area contributed by atoms with Gasteiger partial charge in [-0.15, -0.1) is 0 Å². The van der Waals surface area contributed by atoms with Crippen LogP contribution in [0.1, 0.15) is 32.1 Å². The Morgan fingerprint density at radius 1 is 1.14 bits per heavy atom. The van der Waals surface area contributed by atoms with Gasteiger partial charge in [0.1, 0.15) is 0 Å². The zero-order chi connectivity index (χ0) is 14.9. The van der Waals surface area contributed by atoms with Crippen molar-refractivity contribution in [2.75, 3.05) is 5.32 Å². The summed E-state index contributed by atoms with van der Waals surface area (Å²) in [4.78, 5) is 21.0. The molecule has 1 aromatic carbocycles. The van der Waals surface area contributed by atoms with Gasteiger partial charge in [-0.25, -0.2) is 0 Å². The van der Waals surface area contributed by atoms with Gasteiger partial charge in [0.05, 0.1) is 17.1 Å². The molecule has 3 atom stereocenters. The number of rotatable bonds is 2. The van der Waals surface area contributed by atoms with E-state index in [-0.39, 0.29) is 11.9 Å². The van der Waals surface area contributed by atoms with Crippen molar-refractivity contribution in [3.8, 4) is 0 Å². The fourth-order valence-corrected chi connectivity index (χ4v) is 3.79. The summed E-state index contributed by atoms with van der Waals surface area (Å²) in [6.07, 6.45) is 9.35. The molecule has 2 aliphatic rings. The lowest BCUT2D eigenvalue weighted by Crippen LogP contribution is -2.39. The highest BCUT2D eigenvalue weighted by atomic mass is 16.2.